The molecule has 24 heavy (non-hydrogen) atoms. The Morgan fingerprint density at radius 2 is 1.79 bits per heavy atom. The lowest BCUT2D eigenvalue weighted by atomic mass is 9.67. The minimum Gasteiger partial charge on any atom is -0.394 e. The maximum atomic E-state index is 10.1. The molecule has 0 aromatic rings. The Labute approximate surface area is 141 Å². The quantitative estimate of drug-likeness (QED) is 0.416. The van der Waals surface area contributed by atoms with Crippen LogP contribution in [-0.4, -0.2) is 86.8 Å². The predicted molar refractivity (Wildman–Crippen MR) is 81.0 cm³/mol. The summed E-state index contributed by atoms with van der Waals surface area (Å²) in [4.78, 5) is 0. The normalized spacial score (nSPS) is 50.9. The second-order valence-electron chi connectivity index (χ2n) is 7.72. The highest BCUT2D eigenvalue weighted by molar-refractivity contribution is 5.06. The molecule has 3 heterocycles. The zero-order valence-electron chi connectivity index (χ0n) is 14.0. The summed E-state index contributed by atoms with van der Waals surface area (Å²) in [6.45, 7) is 3.26. The van der Waals surface area contributed by atoms with Crippen LogP contribution in [0.5, 0.6) is 0 Å². The molecule has 4 aliphatic rings. The van der Waals surface area contributed by atoms with E-state index in [0.717, 1.165) is 6.42 Å². The molecular weight excluding hydrogens is 320 g/mol. The second-order valence-corrected chi connectivity index (χ2v) is 7.72. The molecule has 0 aromatic heterocycles. The summed E-state index contributed by atoms with van der Waals surface area (Å²) in [5.74, 6) is 0.251. The minimum atomic E-state index is -1.48. The summed E-state index contributed by atoms with van der Waals surface area (Å²) in [5.41, 5.74) is -1.24. The number of aliphatic hydroxyl groups is 5. The Hall–Kier alpha value is -0.320. The fourth-order valence-electron chi connectivity index (χ4n) is 4.26. The molecule has 1 saturated carbocycles. The average molecular weight is 348 g/mol. The van der Waals surface area contributed by atoms with Gasteiger partial charge in [-0.1, -0.05) is 0 Å². The highest BCUT2D eigenvalue weighted by Crippen LogP contribution is 2.51. The zero-order valence-corrected chi connectivity index (χ0v) is 14.0. The lowest BCUT2D eigenvalue weighted by Crippen LogP contribution is -2.67. The van der Waals surface area contributed by atoms with E-state index < -0.39 is 49.0 Å². The molecule has 0 aromatic carbocycles. The highest BCUT2D eigenvalue weighted by Gasteiger charge is 2.58. The molecule has 140 valence electrons. The molecule has 8 atom stereocenters. The van der Waals surface area contributed by atoms with Crippen molar-refractivity contribution in [2.75, 3.05) is 13.2 Å². The van der Waals surface area contributed by atoms with Crippen molar-refractivity contribution in [2.45, 2.75) is 81.1 Å². The Bertz CT molecular complexity index is 455. The lowest BCUT2D eigenvalue weighted by Gasteiger charge is -2.58. The van der Waals surface area contributed by atoms with E-state index >= 15 is 0 Å². The summed E-state index contributed by atoms with van der Waals surface area (Å²) < 4.78 is 17.4. The first-order valence-electron chi connectivity index (χ1n) is 8.51. The molecule has 0 spiro atoms. The Morgan fingerprint density at radius 3 is 2.38 bits per heavy atom. The van der Waals surface area contributed by atoms with E-state index in [1.165, 1.54) is 0 Å². The molecule has 3 aliphatic heterocycles. The molecule has 0 radical (unpaired) electrons. The number of hydrogen-bond donors (Lipinski definition) is 5. The molecule has 4 fully saturated rings. The summed E-state index contributed by atoms with van der Waals surface area (Å²) in [5, 5.41) is 49.0. The van der Waals surface area contributed by atoms with Crippen molar-refractivity contribution in [3.63, 3.8) is 0 Å². The molecule has 3 saturated heterocycles. The van der Waals surface area contributed by atoms with Gasteiger partial charge in [-0.25, -0.2) is 0 Å². The fraction of sp³-hybridized carbons (Fsp3) is 1.00. The van der Waals surface area contributed by atoms with Gasteiger partial charge in [-0.2, -0.15) is 0 Å². The van der Waals surface area contributed by atoms with Gasteiger partial charge in [-0.05, 0) is 39.0 Å². The molecule has 0 unspecified atom stereocenters. The summed E-state index contributed by atoms with van der Waals surface area (Å²) in [7, 11) is 0. The molecule has 1 aliphatic carbocycles. The summed E-state index contributed by atoms with van der Waals surface area (Å²) in [6.07, 6.45) is -4.89. The van der Waals surface area contributed by atoms with Crippen molar-refractivity contribution in [3.05, 3.63) is 0 Å². The Balaban J connectivity index is 1.76. The molecule has 4 rings (SSSR count). The van der Waals surface area contributed by atoms with Gasteiger partial charge in [0.05, 0.1) is 24.9 Å². The first-order chi connectivity index (χ1) is 11.2. The van der Waals surface area contributed by atoms with Gasteiger partial charge < -0.3 is 39.7 Å². The molecule has 8 heteroatoms. The third kappa shape index (κ3) is 2.89. The minimum absolute atomic E-state index is 0.217. The van der Waals surface area contributed by atoms with Crippen molar-refractivity contribution < 1.29 is 39.7 Å². The van der Waals surface area contributed by atoms with E-state index in [9.17, 15) is 25.5 Å². The van der Waals surface area contributed by atoms with Crippen LogP contribution >= 0.6 is 0 Å². The standard InChI is InChI=1S/C16H28O8/c1-15(2)8-3-4-16(7-18,24-15)10(5-8)23-14-13(21)12(20)11(19)9(6-17)22-14/h8-14,17-21H,3-7H2,1-2H3/t8-,9+,10-,11+,12-,13+,14-,16-/m0/s1. The van der Waals surface area contributed by atoms with E-state index in [0.29, 0.717) is 12.8 Å². The van der Waals surface area contributed by atoms with Crippen LogP contribution in [0.3, 0.4) is 0 Å². The van der Waals surface area contributed by atoms with Crippen LogP contribution < -0.4 is 0 Å². The largest absolute Gasteiger partial charge is 0.394 e. The van der Waals surface area contributed by atoms with E-state index in [4.69, 9.17) is 14.2 Å². The lowest BCUT2D eigenvalue weighted by molar-refractivity contribution is -0.360. The number of rotatable bonds is 4. The monoisotopic (exact) mass is 348 g/mol. The predicted octanol–water partition coefficient (Wildman–Crippen LogP) is -1.49. The Kier molecular flexibility index (Phi) is 4.96. The fourth-order valence-corrected chi connectivity index (χ4v) is 4.26. The molecule has 5 N–H and O–H groups in total. The highest BCUT2D eigenvalue weighted by atomic mass is 16.7. The van der Waals surface area contributed by atoms with Crippen molar-refractivity contribution in [3.8, 4) is 0 Å². The van der Waals surface area contributed by atoms with Crippen molar-refractivity contribution in [2.24, 2.45) is 5.92 Å². The topological polar surface area (TPSA) is 129 Å². The van der Waals surface area contributed by atoms with Gasteiger partial charge in [0.15, 0.2) is 6.29 Å². The summed E-state index contributed by atoms with van der Waals surface area (Å²) in [6, 6.07) is 0. The second kappa shape index (κ2) is 6.44. The first-order valence-corrected chi connectivity index (χ1v) is 8.51. The maximum Gasteiger partial charge on any atom is 0.187 e. The number of ether oxygens (including phenoxy) is 3. The zero-order chi connectivity index (χ0) is 17.7. The van der Waals surface area contributed by atoms with Crippen LogP contribution in [0.4, 0.5) is 0 Å². The third-order valence-corrected chi connectivity index (χ3v) is 5.87. The van der Waals surface area contributed by atoms with Gasteiger partial charge in [-0.3, -0.25) is 0 Å². The van der Waals surface area contributed by atoms with Crippen LogP contribution in [0, 0.1) is 5.92 Å². The van der Waals surface area contributed by atoms with Crippen LogP contribution in [0.25, 0.3) is 0 Å². The Morgan fingerprint density at radius 1 is 1.08 bits per heavy atom. The van der Waals surface area contributed by atoms with Gasteiger partial charge in [0.25, 0.3) is 0 Å². The SMILES string of the molecule is CC1(C)O[C@]2(CO)CC[C@H]1C[C@@H]2O[C@@H]1O[C@H](CO)[C@@H](O)[C@H](O)[C@H]1O. The van der Waals surface area contributed by atoms with Gasteiger partial charge in [0.1, 0.15) is 30.0 Å². The molecular formula is C16H28O8. The average Bonchev–Trinajstić information content (AvgIpc) is 2.55. The van der Waals surface area contributed by atoms with Gasteiger partial charge in [-0.15, -0.1) is 0 Å². The van der Waals surface area contributed by atoms with E-state index in [1.807, 2.05) is 13.8 Å². The van der Waals surface area contributed by atoms with Crippen LogP contribution in [0.2, 0.25) is 0 Å². The third-order valence-electron chi connectivity index (χ3n) is 5.87. The molecule has 0 amide bonds. The van der Waals surface area contributed by atoms with E-state index in [-0.39, 0.29) is 18.1 Å². The number of hydrogen-bond acceptors (Lipinski definition) is 8. The van der Waals surface area contributed by atoms with E-state index in [1.54, 1.807) is 0 Å². The molecule has 8 nitrogen and oxygen atoms in total. The summed E-state index contributed by atoms with van der Waals surface area (Å²) >= 11 is 0. The van der Waals surface area contributed by atoms with Gasteiger partial charge in [0.2, 0.25) is 0 Å². The maximum absolute atomic E-state index is 10.1. The van der Waals surface area contributed by atoms with Crippen LogP contribution in [0.1, 0.15) is 33.1 Å². The molecule has 2 bridgehead atoms. The smallest absolute Gasteiger partial charge is 0.187 e. The number of aliphatic hydroxyl groups excluding tert-OH is 5. The number of fused-ring (bicyclic) bond motifs is 3. The van der Waals surface area contributed by atoms with Crippen LogP contribution in [0.15, 0.2) is 0 Å². The van der Waals surface area contributed by atoms with E-state index in [2.05, 4.69) is 0 Å². The van der Waals surface area contributed by atoms with Gasteiger partial charge in [0, 0.05) is 0 Å². The van der Waals surface area contributed by atoms with Crippen molar-refractivity contribution >= 4 is 0 Å². The first kappa shape index (κ1) is 18.5. The van der Waals surface area contributed by atoms with Crippen molar-refractivity contribution in [1.82, 2.24) is 0 Å². The van der Waals surface area contributed by atoms with Crippen molar-refractivity contribution in [1.29, 1.82) is 0 Å². The van der Waals surface area contributed by atoms with Crippen LogP contribution in [-0.2, 0) is 14.2 Å². The van der Waals surface area contributed by atoms with Gasteiger partial charge >= 0.3 is 0 Å².